The smallest absolute Gasteiger partial charge is 0.149 e. The van der Waals surface area contributed by atoms with Crippen molar-refractivity contribution in [3.8, 4) is 0 Å². The molecule has 1 aliphatic rings. The van der Waals surface area contributed by atoms with E-state index in [1.165, 1.54) is 11.6 Å². The van der Waals surface area contributed by atoms with E-state index in [1.807, 2.05) is 6.07 Å². The van der Waals surface area contributed by atoms with Gasteiger partial charge < -0.3 is 0 Å². The molecule has 3 heteroatoms. The Kier molecular flexibility index (Phi) is 2.32. The summed E-state index contributed by atoms with van der Waals surface area (Å²) in [6.45, 7) is 0. The van der Waals surface area contributed by atoms with Gasteiger partial charge in [0.05, 0.1) is 0 Å². The molecule has 82 valence electrons. The average molecular weight is 236 g/mol. The summed E-state index contributed by atoms with van der Waals surface area (Å²) in [4.78, 5) is 4.43. The van der Waals surface area contributed by atoms with Gasteiger partial charge in [-0.25, -0.2) is 9.37 Å². The van der Waals surface area contributed by atoms with Crippen LogP contribution in [0.1, 0.15) is 23.2 Å². The first kappa shape index (κ1) is 10.0. The lowest BCUT2D eigenvalue weighted by atomic mass is 10.0. The molecule has 1 heterocycles. The molecular weight excluding hydrogens is 225 g/mol. The Morgan fingerprint density at radius 1 is 1.31 bits per heavy atom. The number of nitrogens with zero attached hydrogens (tertiary/aromatic N) is 1. The third-order valence-corrected chi connectivity index (χ3v) is 3.51. The van der Waals surface area contributed by atoms with Gasteiger partial charge in [-0.05, 0) is 36.5 Å². The maximum absolute atomic E-state index is 13.7. The molecule has 0 radical (unpaired) electrons. The van der Waals surface area contributed by atoms with Crippen LogP contribution in [-0.2, 0) is 18.7 Å². The first-order valence-electron chi connectivity index (χ1n) is 5.46. The van der Waals surface area contributed by atoms with Crippen molar-refractivity contribution in [1.29, 1.82) is 0 Å². The molecule has 1 aromatic carbocycles. The number of benzene rings is 1. The van der Waals surface area contributed by atoms with Crippen LogP contribution < -0.4 is 0 Å². The Hall–Kier alpha value is -1.15. The summed E-state index contributed by atoms with van der Waals surface area (Å²) in [5, 5.41) is 0.871. The lowest BCUT2D eigenvalue weighted by Gasteiger charge is -2.10. The zero-order valence-corrected chi connectivity index (χ0v) is 9.52. The Morgan fingerprint density at radius 2 is 2.19 bits per heavy atom. The number of halogens is 2. The Morgan fingerprint density at radius 3 is 3.00 bits per heavy atom. The number of hydrogen-bond donors (Lipinski definition) is 0. The minimum absolute atomic E-state index is 0.251. The summed E-state index contributed by atoms with van der Waals surface area (Å²) >= 11 is 5.99. The Bertz CT molecular complexity index is 565. The fourth-order valence-corrected chi connectivity index (χ4v) is 2.80. The summed E-state index contributed by atoms with van der Waals surface area (Å²) in [5.74, 6) is 0.184. The molecule has 0 fully saturated rings. The number of hydrogen-bond acceptors (Lipinski definition) is 1. The number of aromatic nitrogens is 1. The fraction of sp³-hybridized carbons (Fsp3) is 0.308. The van der Waals surface area contributed by atoms with Gasteiger partial charge in [-0.15, -0.1) is 11.6 Å². The van der Waals surface area contributed by atoms with Crippen LogP contribution >= 0.6 is 11.6 Å². The summed E-state index contributed by atoms with van der Waals surface area (Å²) < 4.78 is 13.7. The highest BCUT2D eigenvalue weighted by atomic mass is 35.5. The highest BCUT2D eigenvalue weighted by molar-refractivity contribution is 6.18. The number of fused-ring (bicyclic) bond motifs is 2. The highest BCUT2D eigenvalue weighted by Crippen LogP contribution is 2.31. The zero-order chi connectivity index (χ0) is 11.1. The normalized spacial score (nSPS) is 14.4. The number of aryl methyl sites for hydroxylation is 1. The molecule has 0 aliphatic heterocycles. The summed E-state index contributed by atoms with van der Waals surface area (Å²) in [7, 11) is 0. The van der Waals surface area contributed by atoms with Gasteiger partial charge in [-0.3, -0.25) is 0 Å². The third-order valence-electron chi connectivity index (χ3n) is 3.25. The number of pyridine rings is 1. The minimum atomic E-state index is -0.251. The number of rotatable bonds is 1. The maximum atomic E-state index is 13.7. The molecule has 1 nitrogen and oxygen atoms in total. The molecule has 0 amide bonds. The van der Waals surface area contributed by atoms with E-state index >= 15 is 0 Å². The van der Waals surface area contributed by atoms with E-state index in [2.05, 4.69) is 4.98 Å². The second-order valence-electron chi connectivity index (χ2n) is 4.14. The van der Waals surface area contributed by atoms with E-state index in [0.29, 0.717) is 11.4 Å². The molecule has 0 saturated carbocycles. The van der Waals surface area contributed by atoms with Crippen molar-refractivity contribution in [2.24, 2.45) is 0 Å². The van der Waals surface area contributed by atoms with Gasteiger partial charge >= 0.3 is 0 Å². The summed E-state index contributed by atoms with van der Waals surface area (Å²) in [6, 6.07) is 5.08. The highest BCUT2D eigenvalue weighted by Gasteiger charge is 2.19. The third kappa shape index (κ3) is 1.33. The summed E-state index contributed by atoms with van der Waals surface area (Å²) in [6.07, 6.45) is 3.07. The maximum Gasteiger partial charge on any atom is 0.149 e. The van der Waals surface area contributed by atoms with Crippen LogP contribution in [-0.4, -0.2) is 4.98 Å². The topological polar surface area (TPSA) is 12.9 Å². The zero-order valence-electron chi connectivity index (χ0n) is 8.76. The molecule has 0 atom stereocenters. The van der Waals surface area contributed by atoms with Crippen molar-refractivity contribution in [3.05, 3.63) is 40.8 Å². The molecule has 0 unspecified atom stereocenters. The van der Waals surface area contributed by atoms with Crippen molar-refractivity contribution < 1.29 is 4.39 Å². The van der Waals surface area contributed by atoms with Crippen molar-refractivity contribution >= 4 is 22.5 Å². The van der Waals surface area contributed by atoms with Crippen LogP contribution in [0.25, 0.3) is 10.9 Å². The van der Waals surface area contributed by atoms with Gasteiger partial charge in [0.2, 0.25) is 0 Å². The molecule has 0 spiro atoms. The standard InChI is InChI=1S/C13H11ClFN/c14-7-10-8-3-2-6-12(8)16-13-9(10)4-1-5-11(13)15/h1,4-5H,2-3,6-7H2. The number of alkyl halides is 1. The van der Waals surface area contributed by atoms with E-state index < -0.39 is 0 Å². The first-order chi connectivity index (χ1) is 7.81. The predicted molar refractivity (Wildman–Crippen MR) is 63.3 cm³/mol. The first-order valence-corrected chi connectivity index (χ1v) is 5.99. The molecule has 16 heavy (non-hydrogen) atoms. The van der Waals surface area contributed by atoms with Gasteiger partial charge in [-0.1, -0.05) is 12.1 Å². The summed E-state index contributed by atoms with van der Waals surface area (Å²) in [5.41, 5.74) is 3.82. The van der Waals surface area contributed by atoms with Crippen molar-refractivity contribution in [1.82, 2.24) is 4.98 Å². The largest absolute Gasteiger partial charge is 0.249 e. The molecule has 0 bridgehead atoms. The quantitative estimate of drug-likeness (QED) is 0.689. The van der Waals surface area contributed by atoms with Crippen LogP contribution in [0, 0.1) is 5.82 Å². The molecular formula is C13H11ClFN. The van der Waals surface area contributed by atoms with Crippen LogP contribution in [0.5, 0.6) is 0 Å². The molecule has 1 aliphatic carbocycles. The van der Waals surface area contributed by atoms with Gasteiger partial charge in [0.1, 0.15) is 11.3 Å². The monoisotopic (exact) mass is 235 g/mol. The van der Waals surface area contributed by atoms with Gasteiger partial charge in [0.25, 0.3) is 0 Å². The van der Waals surface area contributed by atoms with Crippen molar-refractivity contribution in [2.75, 3.05) is 0 Å². The minimum Gasteiger partial charge on any atom is -0.249 e. The molecule has 2 aromatic rings. The second kappa shape index (κ2) is 3.70. The lowest BCUT2D eigenvalue weighted by Crippen LogP contribution is -1.98. The van der Waals surface area contributed by atoms with Crippen LogP contribution in [0.4, 0.5) is 4.39 Å². The van der Waals surface area contributed by atoms with E-state index in [-0.39, 0.29) is 5.82 Å². The van der Waals surface area contributed by atoms with Gasteiger partial charge in [-0.2, -0.15) is 0 Å². The van der Waals surface area contributed by atoms with Crippen molar-refractivity contribution in [2.45, 2.75) is 25.1 Å². The van der Waals surface area contributed by atoms with Gasteiger partial charge in [0.15, 0.2) is 0 Å². The number of para-hydroxylation sites is 1. The average Bonchev–Trinajstić information content (AvgIpc) is 2.75. The molecule has 3 rings (SSSR count). The van der Waals surface area contributed by atoms with E-state index in [1.54, 1.807) is 6.07 Å². The van der Waals surface area contributed by atoms with Crippen molar-refractivity contribution in [3.63, 3.8) is 0 Å². The lowest BCUT2D eigenvalue weighted by molar-refractivity contribution is 0.636. The fourth-order valence-electron chi connectivity index (χ4n) is 2.50. The van der Waals surface area contributed by atoms with Crippen LogP contribution in [0.3, 0.4) is 0 Å². The van der Waals surface area contributed by atoms with E-state index in [4.69, 9.17) is 11.6 Å². The SMILES string of the molecule is Fc1cccc2c(CCl)c3c(nc12)CCC3. The van der Waals surface area contributed by atoms with E-state index in [0.717, 1.165) is 35.9 Å². The Labute approximate surface area is 98.3 Å². The molecule has 0 N–H and O–H groups in total. The van der Waals surface area contributed by atoms with Crippen LogP contribution in [0.15, 0.2) is 18.2 Å². The van der Waals surface area contributed by atoms with E-state index in [9.17, 15) is 4.39 Å². The van der Waals surface area contributed by atoms with Crippen LogP contribution in [0.2, 0.25) is 0 Å². The Balaban J connectivity index is 2.44. The molecule has 0 saturated heterocycles. The molecule has 1 aromatic heterocycles. The van der Waals surface area contributed by atoms with Gasteiger partial charge in [0, 0.05) is 17.0 Å². The predicted octanol–water partition coefficient (Wildman–Crippen LogP) is 3.60. The second-order valence-corrected chi connectivity index (χ2v) is 4.41.